The average molecular weight is 390 g/mol. The summed E-state index contributed by atoms with van der Waals surface area (Å²) in [6.07, 6.45) is -0.560. The van der Waals surface area contributed by atoms with Gasteiger partial charge in [-0.05, 0) is 35.4 Å². The van der Waals surface area contributed by atoms with Gasteiger partial charge < -0.3 is 20.5 Å². The highest BCUT2D eigenvalue weighted by molar-refractivity contribution is 5.94. The second-order valence-corrected chi connectivity index (χ2v) is 6.69. The molecule has 3 rings (SSSR count). The summed E-state index contributed by atoms with van der Waals surface area (Å²) in [7, 11) is 0. The predicted octanol–water partition coefficient (Wildman–Crippen LogP) is 3.32. The van der Waals surface area contributed by atoms with Gasteiger partial charge in [0, 0.05) is 25.2 Å². The Morgan fingerprint density at radius 2 is 1.52 bits per heavy atom. The molecule has 3 N–H and O–H groups in total. The number of benzene rings is 3. The van der Waals surface area contributed by atoms with Crippen LogP contribution in [0.5, 0.6) is 5.75 Å². The van der Waals surface area contributed by atoms with Crippen molar-refractivity contribution in [2.75, 3.05) is 19.6 Å². The minimum Gasteiger partial charge on any atom is -0.489 e. The molecule has 1 unspecified atom stereocenters. The van der Waals surface area contributed by atoms with Crippen LogP contribution in [0.2, 0.25) is 0 Å². The van der Waals surface area contributed by atoms with Crippen molar-refractivity contribution < 1.29 is 14.6 Å². The lowest BCUT2D eigenvalue weighted by molar-refractivity contribution is 0.0953. The van der Waals surface area contributed by atoms with Crippen LogP contribution >= 0.6 is 0 Å². The van der Waals surface area contributed by atoms with E-state index in [-0.39, 0.29) is 5.91 Å². The first-order valence-corrected chi connectivity index (χ1v) is 9.71. The number of aliphatic hydroxyl groups excluding tert-OH is 1. The van der Waals surface area contributed by atoms with E-state index in [4.69, 9.17) is 4.74 Å². The molecule has 5 nitrogen and oxygen atoms in total. The molecule has 0 saturated carbocycles. The van der Waals surface area contributed by atoms with E-state index in [1.807, 2.05) is 60.7 Å². The average Bonchev–Trinajstić information content (AvgIpc) is 2.79. The molecule has 0 bridgehead atoms. The van der Waals surface area contributed by atoms with Crippen molar-refractivity contribution in [2.24, 2.45) is 0 Å². The van der Waals surface area contributed by atoms with Crippen molar-refractivity contribution in [1.29, 1.82) is 0 Å². The highest BCUT2D eigenvalue weighted by Gasteiger charge is 2.07. The van der Waals surface area contributed by atoms with E-state index < -0.39 is 6.10 Å². The van der Waals surface area contributed by atoms with E-state index in [9.17, 15) is 9.90 Å². The molecule has 150 valence electrons. The van der Waals surface area contributed by atoms with Crippen molar-refractivity contribution >= 4 is 5.91 Å². The fraction of sp³-hybridized carbons (Fsp3) is 0.208. The highest BCUT2D eigenvalue weighted by Crippen LogP contribution is 2.14. The number of hydrogen-bond acceptors (Lipinski definition) is 4. The summed E-state index contributed by atoms with van der Waals surface area (Å²) in [6.45, 7) is 1.99. The minimum atomic E-state index is -0.560. The summed E-state index contributed by atoms with van der Waals surface area (Å²) in [5.41, 5.74) is 2.55. The molecule has 29 heavy (non-hydrogen) atoms. The Morgan fingerprint density at radius 1 is 0.862 bits per heavy atom. The summed E-state index contributed by atoms with van der Waals surface area (Å²) in [6, 6.07) is 26.5. The van der Waals surface area contributed by atoms with Crippen LogP contribution in [0.25, 0.3) is 0 Å². The van der Waals surface area contributed by atoms with Gasteiger partial charge in [-0.15, -0.1) is 0 Å². The van der Waals surface area contributed by atoms with Crippen LogP contribution in [-0.2, 0) is 6.61 Å². The molecule has 1 atom stereocenters. The molecule has 0 heterocycles. The molecule has 1 amide bonds. The van der Waals surface area contributed by atoms with E-state index >= 15 is 0 Å². The largest absolute Gasteiger partial charge is 0.489 e. The van der Waals surface area contributed by atoms with Gasteiger partial charge in [-0.3, -0.25) is 4.79 Å². The van der Waals surface area contributed by atoms with Crippen LogP contribution in [0.15, 0.2) is 84.9 Å². The van der Waals surface area contributed by atoms with E-state index in [2.05, 4.69) is 10.6 Å². The van der Waals surface area contributed by atoms with Gasteiger partial charge in [0.15, 0.2) is 0 Å². The van der Waals surface area contributed by atoms with Crippen molar-refractivity contribution in [1.82, 2.24) is 10.6 Å². The Labute approximate surface area is 171 Å². The van der Waals surface area contributed by atoms with E-state index in [1.165, 1.54) is 0 Å². The summed E-state index contributed by atoms with van der Waals surface area (Å²) >= 11 is 0. The second kappa shape index (κ2) is 11.0. The Bertz CT molecular complexity index is 868. The van der Waals surface area contributed by atoms with Gasteiger partial charge in [0.1, 0.15) is 12.4 Å². The number of carbonyl (C=O) groups excluding carboxylic acids is 1. The van der Waals surface area contributed by atoms with Gasteiger partial charge in [0.25, 0.3) is 5.91 Å². The number of hydrogen-bond donors (Lipinski definition) is 3. The molecule has 0 radical (unpaired) electrons. The summed E-state index contributed by atoms with van der Waals surface area (Å²) in [5, 5.41) is 16.1. The maximum absolute atomic E-state index is 12.2. The lowest BCUT2D eigenvalue weighted by Crippen LogP contribution is -2.33. The van der Waals surface area contributed by atoms with Crippen molar-refractivity contribution in [2.45, 2.75) is 12.7 Å². The number of amides is 1. The van der Waals surface area contributed by atoms with Crippen LogP contribution in [0.4, 0.5) is 0 Å². The molecule has 0 spiro atoms. The van der Waals surface area contributed by atoms with Crippen LogP contribution in [0.1, 0.15) is 27.6 Å². The molecular weight excluding hydrogens is 364 g/mol. The van der Waals surface area contributed by atoms with Gasteiger partial charge in [-0.1, -0.05) is 60.7 Å². The van der Waals surface area contributed by atoms with Crippen molar-refractivity contribution in [3.8, 4) is 5.75 Å². The third-order valence-electron chi connectivity index (χ3n) is 4.47. The number of carbonyl (C=O) groups is 1. The van der Waals surface area contributed by atoms with Gasteiger partial charge >= 0.3 is 0 Å². The Kier molecular flexibility index (Phi) is 7.81. The predicted molar refractivity (Wildman–Crippen MR) is 114 cm³/mol. The lowest BCUT2D eigenvalue weighted by Gasteiger charge is -2.12. The van der Waals surface area contributed by atoms with Gasteiger partial charge in [-0.25, -0.2) is 0 Å². The first-order valence-electron chi connectivity index (χ1n) is 9.71. The molecule has 3 aromatic carbocycles. The molecule has 0 aromatic heterocycles. The van der Waals surface area contributed by atoms with Crippen LogP contribution < -0.4 is 15.4 Å². The SMILES string of the molecule is O=C(NCCNCC(O)c1ccccc1)c1ccc(OCc2ccccc2)cc1. The topological polar surface area (TPSA) is 70.6 Å². The summed E-state index contributed by atoms with van der Waals surface area (Å²) in [5.74, 6) is 0.590. The molecule has 5 heteroatoms. The number of nitrogens with one attached hydrogen (secondary N) is 2. The Balaban J connectivity index is 1.35. The minimum absolute atomic E-state index is 0.134. The number of aliphatic hydroxyl groups is 1. The van der Waals surface area contributed by atoms with Crippen molar-refractivity contribution in [3.05, 3.63) is 102 Å². The highest BCUT2D eigenvalue weighted by atomic mass is 16.5. The zero-order valence-electron chi connectivity index (χ0n) is 16.3. The molecule has 0 aliphatic carbocycles. The summed E-state index contributed by atoms with van der Waals surface area (Å²) in [4.78, 5) is 12.2. The molecule has 0 aliphatic heterocycles. The zero-order valence-corrected chi connectivity index (χ0v) is 16.3. The van der Waals surface area contributed by atoms with Crippen molar-refractivity contribution in [3.63, 3.8) is 0 Å². The molecule has 0 saturated heterocycles. The molecule has 3 aromatic rings. The smallest absolute Gasteiger partial charge is 0.251 e. The number of ether oxygens (including phenoxy) is 1. The summed E-state index contributed by atoms with van der Waals surface area (Å²) < 4.78 is 5.73. The first-order chi connectivity index (χ1) is 14.2. The maximum atomic E-state index is 12.2. The monoisotopic (exact) mass is 390 g/mol. The van der Waals surface area contributed by atoms with E-state index in [1.54, 1.807) is 24.3 Å². The van der Waals surface area contributed by atoms with Gasteiger partial charge in [0.05, 0.1) is 6.10 Å². The second-order valence-electron chi connectivity index (χ2n) is 6.69. The zero-order chi connectivity index (χ0) is 20.3. The lowest BCUT2D eigenvalue weighted by atomic mass is 10.1. The Morgan fingerprint density at radius 3 is 2.21 bits per heavy atom. The first kappa shape index (κ1) is 20.6. The number of rotatable bonds is 10. The van der Waals surface area contributed by atoms with Crippen LogP contribution in [0, 0.1) is 0 Å². The van der Waals surface area contributed by atoms with E-state index in [0.717, 1.165) is 16.9 Å². The third-order valence-corrected chi connectivity index (χ3v) is 4.47. The quantitative estimate of drug-likeness (QED) is 0.465. The Hall–Kier alpha value is -3.15. The molecule has 0 fully saturated rings. The standard InChI is InChI=1S/C24H26N2O3/c27-23(20-9-5-2-6-10-20)17-25-15-16-26-24(28)21-11-13-22(14-12-21)29-18-19-7-3-1-4-8-19/h1-14,23,25,27H,15-18H2,(H,26,28). The third kappa shape index (κ3) is 6.75. The normalized spacial score (nSPS) is 11.6. The molecular formula is C24H26N2O3. The van der Waals surface area contributed by atoms with Crippen LogP contribution in [0.3, 0.4) is 0 Å². The van der Waals surface area contributed by atoms with Gasteiger partial charge in [-0.2, -0.15) is 0 Å². The van der Waals surface area contributed by atoms with Gasteiger partial charge in [0.2, 0.25) is 0 Å². The van der Waals surface area contributed by atoms with Crippen LogP contribution in [-0.4, -0.2) is 30.6 Å². The maximum Gasteiger partial charge on any atom is 0.251 e. The van der Waals surface area contributed by atoms with E-state index in [0.29, 0.717) is 31.8 Å². The fourth-order valence-electron chi connectivity index (χ4n) is 2.84. The molecule has 0 aliphatic rings. The fourth-order valence-corrected chi connectivity index (χ4v) is 2.84.